The lowest BCUT2D eigenvalue weighted by Gasteiger charge is -1.96. The van der Waals surface area contributed by atoms with Crippen LogP contribution in [-0.4, -0.2) is 0 Å². The number of rotatable bonds is 3. The highest BCUT2D eigenvalue weighted by Gasteiger charge is 1.94. The molecule has 0 bridgehead atoms. The van der Waals surface area contributed by atoms with E-state index < -0.39 is 0 Å². The first-order valence-electron chi connectivity index (χ1n) is 4.59. The minimum absolute atomic E-state index is 0.534. The molecule has 0 aliphatic rings. The van der Waals surface area contributed by atoms with Crippen LogP contribution in [0.2, 0.25) is 0 Å². The van der Waals surface area contributed by atoms with E-state index in [1.165, 1.54) is 10.4 Å². The molecular formula is C12H16S. The quantitative estimate of drug-likeness (QED) is 0.627. The first-order chi connectivity index (χ1) is 6.24. The summed E-state index contributed by atoms with van der Waals surface area (Å²) in [5.74, 6) is 0.534. The fourth-order valence-corrected chi connectivity index (χ4v) is 1.99. The molecule has 0 amide bonds. The number of thiophene rings is 1. The van der Waals surface area contributed by atoms with Gasteiger partial charge in [-0.1, -0.05) is 25.2 Å². The van der Waals surface area contributed by atoms with Gasteiger partial charge in [-0.15, -0.1) is 11.3 Å². The van der Waals surface area contributed by atoms with Crippen LogP contribution in [-0.2, 0) is 0 Å². The molecule has 1 heterocycles. The minimum atomic E-state index is 0.534. The normalized spacial score (nSPS) is 14.4. The summed E-state index contributed by atoms with van der Waals surface area (Å²) in [4.78, 5) is 1.37. The van der Waals surface area contributed by atoms with E-state index in [2.05, 4.69) is 56.5 Å². The predicted octanol–water partition coefficient (Wildman–Crippen LogP) is 4.28. The van der Waals surface area contributed by atoms with Gasteiger partial charge in [-0.25, -0.2) is 0 Å². The SMILES string of the molecule is C/C=C\C(C)/C=C\c1sccc1C. The van der Waals surface area contributed by atoms with Crippen LogP contribution in [0.25, 0.3) is 6.08 Å². The van der Waals surface area contributed by atoms with Gasteiger partial charge < -0.3 is 0 Å². The van der Waals surface area contributed by atoms with Crippen molar-refractivity contribution in [1.82, 2.24) is 0 Å². The van der Waals surface area contributed by atoms with Crippen LogP contribution in [0.3, 0.4) is 0 Å². The Morgan fingerprint density at radius 3 is 2.69 bits per heavy atom. The van der Waals surface area contributed by atoms with Crippen molar-refractivity contribution < 1.29 is 0 Å². The summed E-state index contributed by atoms with van der Waals surface area (Å²) in [5.41, 5.74) is 1.37. The monoisotopic (exact) mass is 192 g/mol. The van der Waals surface area contributed by atoms with Gasteiger partial charge in [0.15, 0.2) is 0 Å². The average molecular weight is 192 g/mol. The molecule has 1 unspecified atom stereocenters. The van der Waals surface area contributed by atoms with Gasteiger partial charge in [-0.2, -0.15) is 0 Å². The largest absolute Gasteiger partial charge is 0.144 e. The summed E-state index contributed by atoms with van der Waals surface area (Å²) >= 11 is 1.80. The first kappa shape index (κ1) is 10.3. The van der Waals surface area contributed by atoms with E-state index in [0.29, 0.717) is 5.92 Å². The molecule has 0 saturated heterocycles. The molecule has 0 radical (unpaired) electrons. The Balaban J connectivity index is 2.63. The van der Waals surface area contributed by atoms with E-state index in [0.717, 1.165) is 0 Å². The molecule has 0 nitrogen and oxygen atoms in total. The van der Waals surface area contributed by atoms with E-state index in [-0.39, 0.29) is 0 Å². The lowest BCUT2D eigenvalue weighted by molar-refractivity contribution is 0.943. The van der Waals surface area contributed by atoms with Crippen LogP contribution in [0, 0.1) is 12.8 Å². The van der Waals surface area contributed by atoms with Crippen molar-refractivity contribution in [2.24, 2.45) is 5.92 Å². The molecule has 1 atom stereocenters. The molecule has 0 fully saturated rings. The molecule has 1 rings (SSSR count). The van der Waals surface area contributed by atoms with Crippen molar-refractivity contribution in [2.75, 3.05) is 0 Å². The van der Waals surface area contributed by atoms with Gasteiger partial charge in [0.1, 0.15) is 0 Å². The molecule has 13 heavy (non-hydrogen) atoms. The van der Waals surface area contributed by atoms with Crippen molar-refractivity contribution in [1.29, 1.82) is 0 Å². The summed E-state index contributed by atoms with van der Waals surface area (Å²) < 4.78 is 0. The van der Waals surface area contributed by atoms with Gasteiger partial charge in [0.2, 0.25) is 0 Å². The number of hydrogen-bond acceptors (Lipinski definition) is 1. The second-order valence-electron chi connectivity index (χ2n) is 3.21. The number of hydrogen-bond donors (Lipinski definition) is 0. The fraction of sp³-hybridized carbons (Fsp3) is 0.333. The van der Waals surface area contributed by atoms with Gasteiger partial charge in [0, 0.05) is 4.88 Å². The van der Waals surface area contributed by atoms with Crippen LogP contribution in [0.1, 0.15) is 24.3 Å². The summed E-state index contributed by atoms with van der Waals surface area (Å²) in [5, 5.41) is 2.13. The zero-order chi connectivity index (χ0) is 9.68. The maximum Gasteiger partial charge on any atom is 0.0296 e. The third-order valence-corrected chi connectivity index (χ3v) is 2.93. The van der Waals surface area contributed by atoms with Gasteiger partial charge in [0.05, 0.1) is 0 Å². The minimum Gasteiger partial charge on any atom is -0.144 e. The molecule has 0 aliphatic carbocycles. The van der Waals surface area contributed by atoms with Gasteiger partial charge in [-0.3, -0.25) is 0 Å². The Morgan fingerprint density at radius 2 is 2.15 bits per heavy atom. The van der Waals surface area contributed by atoms with Gasteiger partial charge in [-0.05, 0) is 42.9 Å². The van der Waals surface area contributed by atoms with Crippen LogP contribution >= 0.6 is 11.3 Å². The van der Waals surface area contributed by atoms with E-state index >= 15 is 0 Å². The molecule has 70 valence electrons. The highest BCUT2D eigenvalue weighted by atomic mass is 32.1. The maximum atomic E-state index is 2.23. The highest BCUT2D eigenvalue weighted by Crippen LogP contribution is 2.18. The zero-order valence-electron chi connectivity index (χ0n) is 8.45. The fourth-order valence-electron chi connectivity index (χ4n) is 1.16. The van der Waals surface area contributed by atoms with E-state index in [1.807, 2.05) is 0 Å². The van der Waals surface area contributed by atoms with Crippen molar-refractivity contribution in [3.63, 3.8) is 0 Å². The van der Waals surface area contributed by atoms with E-state index in [1.54, 1.807) is 11.3 Å². The van der Waals surface area contributed by atoms with Crippen molar-refractivity contribution in [2.45, 2.75) is 20.8 Å². The van der Waals surface area contributed by atoms with Crippen LogP contribution in [0.15, 0.2) is 29.7 Å². The zero-order valence-corrected chi connectivity index (χ0v) is 9.27. The molecule has 0 N–H and O–H groups in total. The average Bonchev–Trinajstić information content (AvgIpc) is 2.48. The summed E-state index contributed by atoms with van der Waals surface area (Å²) in [6, 6.07) is 2.16. The number of aryl methyl sites for hydroxylation is 1. The Labute approximate surface area is 84.6 Å². The van der Waals surface area contributed by atoms with Gasteiger partial charge in [0.25, 0.3) is 0 Å². The summed E-state index contributed by atoms with van der Waals surface area (Å²) in [7, 11) is 0. The third-order valence-electron chi connectivity index (χ3n) is 1.95. The number of allylic oxidation sites excluding steroid dienone is 3. The van der Waals surface area contributed by atoms with Gasteiger partial charge >= 0.3 is 0 Å². The topological polar surface area (TPSA) is 0 Å². The van der Waals surface area contributed by atoms with E-state index in [4.69, 9.17) is 0 Å². The van der Waals surface area contributed by atoms with Crippen LogP contribution in [0.4, 0.5) is 0 Å². The molecule has 0 aliphatic heterocycles. The Bertz CT molecular complexity index is 305. The smallest absolute Gasteiger partial charge is 0.0296 e. The second kappa shape index (κ2) is 5.03. The Hall–Kier alpha value is -0.820. The molecule has 1 heteroatoms. The van der Waals surface area contributed by atoms with E-state index in [9.17, 15) is 0 Å². The van der Waals surface area contributed by atoms with Crippen LogP contribution < -0.4 is 0 Å². The highest BCUT2D eigenvalue weighted by molar-refractivity contribution is 7.11. The lowest BCUT2D eigenvalue weighted by Crippen LogP contribution is -1.80. The second-order valence-corrected chi connectivity index (χ2v) is 4.16. The third kappa shape index (κ3) is 3.19. The molecule has 0 spiro atoms. The molecular weight excluding hydrogens is 176 g/mol. The predicted molar refractivity (Wildman–Crippen MR) is 62.1 cm³/mol. The summed E-state index contributed by atoms with van der Waals surface area (Å²) in [6.07, 6.45) is 8.74. The Kier molecular flexibility index (Phi) is 3.97. The lowest BCUT2D eigenvalue weighted by atomic mass is 10.1. The summed E-state index contributed by atoms with van der Waals surface area (Å²) in [6.45, 7) is 6.40. The Morgan fingerprint density at radius 1 is 1.38 bits per heavy atom. The molecule has 0 aromatic carbocycles. The van der Waals surface area contributed by atoms with Crippen molar-refractivity contribution in [3.8, 4) is 0 Å². The molecule has 1 aromatic heterocycles. The molecule has 0 saturated carbocycles. The maximum absolute atomic E-state index is 2.23. The van der Waals surface area contributed by atoms with Crippen molar-refractivity contribution >= 4 is 17.4 Å². The molecule has 1 aromatic rings. The standard InChI is InChI=1S/C12H16S/c1-4-5-10(2)6-7-12-11(3)8-9-13-12/h4-10H,1-3H3/b5-4-,7-6-. The first-order valence-corrected chi connectivity index (χ1v) is 5.47. The van der Waals surface area contributed by atoms with Crippen LogP contribution in [0.5, 0.6) is 0 Å². The van der Waals surface area contributed by atoms with Crippen molar-refractivity contribution in [3.05, 3.63) is 40.1 Å².